The number of oxime groups is 1. The zero-order valence-electron chi connectivity index (χ0n) is 20.6. The van der Waals surface area contributed by atoms with E-state index in [1.54, 1.807) is 28.4 Å². The van der Waals surface area contributed by atoms with Crippen molar-refractivity contribution < 1.29 is 38.4 Å². The molecule has 210 valence electrons. The first-order valence-corrected chi connectivity index (χ1v) is 14.3. The van der Waals surface area contributed by atoms with Gasteiger partial charge in [0, 0.05) is 28.2 Å². The van der Waals surface area contributed by atoms with Gasteiger partial charge in [0.05, 0.1) is 11.7 Å². The van der Waals surface area contributed by atoms with Crippen LogP contribution >= 0.6 is 34.6 Å². The molecule has 2 aliphatic rings. The molecular weight excluding hydrogens is 586 g/mol. The molecule has 3 aromatic rings. The maximum Gasteiger partial charge on any atom is 0.404 e. The fourth-order valence-electron chi connectivity index (χ4n) is 4.13. The number of thioether (sulfide) groups is 1. The van der Waals surface area contributed by atoms with Gasteiger partial charge in [0.1, 0.15) is 30.8 Å². The van der Waals surface area contributed by atoms with Gasteiger partial charge in [0.2, 0.25) is 22.7 Å². The van der Waals surface area contributed by atoms with Crippen molar-refractivity contribution in [1.29, 1.82) is 0 Å². The molecule has 0 aromatic carbocycles. The molecule has 0 bridgehead atoms. The number of aromatic nitrogens is 4. The number of β-lactam (4-membered cyclic amide) rings is 1. The number of carbonyl (C=O) groups excluding carboxylic acids is 4. The summed E-state index contributed by atoms with van der Waals surface area (Å²) in [5.41, 5.74) is 11.3. The standard InChI is InChI=1S/C21H21N9O7S3/c1-2-37-26-12(15-25-20(22)40-27-15)16(31)24-13-17(32)30-14(19(33)34)9(6-39-18(13)30)3-28-4-11-29(8-28)10(7-38-11)5-36-21(23)35/h4,7-8,13,18H,2-3,5-6H2,1H3,(H5-,22,23,24,25,27,31,33,34,35)/b26-12-/t13-,18-/m1/s1. The molecule has 0 saturated carbocycles. The van der Waals surface area contributed by atoms with Crippen LogP contribution in [0.3, 0.4) is 0 Å². The Morgan fingerprint density at radius 2 is 2.17 bits per heavy atom. The smallest absolute Gasteiger partial charge is 0.404 e. The molecule has 40 heavy (non-hydrogen) atoms. The van der Waals surface area contributed by atoms with Gasteiger partial charge >= 0.3 is 6.09 Å². The normalized spacial score (nSPS) is 18.9. The van der Waals surface area contributed by atoms with E-state index in [4.69, 9.17) is 21.0 Å². The molecule has 0 unspecified atom stereocenters. The minimum absolute atomic E-state index is 0.0210. The Hall–Kier alpha value is -4.23. The van der Waals surface area contributed by atoms with Gasteiger partial charge in [-0.3, -0.25) is 14.5 Å². The second-order valence-corrected chi connectivity index (χ2v) is 11.2. The number of carboxylic acid groups (broad SMARTS) is 1. The Bertz CT molecular complexity index is 1580. The van der Waals surface area contributed by atoms with E-state index in [1.807, 2.05) is 5.38 Å². The SMILES string of the molecule is CCO/N=C(\C(=O)N[C@@H]1C(=O)N2C(C(=O)[O-])=C(C[n+]3cc4scc(COC(N)=O)n4c3)CS[C@H]12)c1nsc(N)n1. The molecule has 2 atom stereocenters. The highest BCUT2D eigenvalue weighted by atomic mass is 32.2. The molecular formula is C21H21N9O7S3. The van der Waals surface area contributed by atoms with Crippen molar-refractivity contribution in [3.05, 3.63) is 40.7 Å². The molecule has 0 aliphatic carbocycles. The molecule has 0 radical (unpaired) electrons. The molecule has 16 nitrogen and oxygen atoms in total. The summed E-state index contributed by atoms with van der Waals surface area (Å²) in [4.78, 5) is 60.1. The van der Waals surface area contributed by atoms with E-state index in [0.717, 1.165) is 21.3 Å². The fraction of sp³-hybridized carbons (Fsp3) is 0.333. The molecule has 0 spiro atoms. The van der Waals surface area contributed by atoms with Crippen LogP contribution in [0.15, 0.2) is 34.3 Å². The molecule has 2 aliphatic heterocycles. The van der Waals surface area contributed by atoms with Crippen LogP contribution in [0.5, 0.6) is 0 Å². The van der Waals surface area contributed by atoms with E-state index in [9.17, 15) is 24.3 Å². The predicted octanol–water partition coefficient (Wildman–Crippen LogP) is -1.84. The summed E-state index contributed by atoms with van der Waals surface area (Å²) in [6, 6.07) is -1.02. The van der Waals surface area contributed by atoms with E-state index in [1.165, 1.54) is 23.1 Å². The van der Waals surface area contributed by atoms with Crippen molar-refractivity contribution in [2.75, 3.05) is 18.1 Å². The van der Waals surface area contributed by atoms with Crippen LogP contribution in [0.1, 0.15) is 18.4 Å². The molecule has 5 rings (SSSR count). The summed E-state index contributed by atoms with van der Waals surface area (Å²) in [7, 11) is 0. The van der Waals surface area contributed by atoms with Crippen LogP contribution in [0.4, 0.5) is 9.93 Å². The third-order valence-corrected chi connectivity index (χ3v) is 8.63. The minimum atomic E-state index is -1.50. The van der Waals surface area contributed by atoms with Crippen molar-refractivity contribution >= 4 is 74.2 Å². The van der Waals surface area contributed by atoms with Crippen molar-refractivity contribution in [3.8, 4) is 0 Å². The summed E-state index contributed by atoms with van der Waals surface area (Å²) in [5.74, 6) is -2.67. The van der Waals surface area contributed by atoms with Gasteiger partial charge in [0.15, 0.2) is 17.4 Å². The number of hydrogen-bond acceptors (Lipinski definition) is 14. The van der Waals surface area contributed by atoms with E-state index in [-0.39, 0.29) is 47.9 Å². The van der Waals surface area contributed by atoms with Crippen LogP contribution in [-0.4, -0.2) is 72.0 Å². The third kappa shape index (κ3) is 5.17. The zero-order chi connectivity index (χ0) is 28.6. The Balaban J connectivity index is 1.33. The third-order valence-electron chi connectivity index (χ3n) is 5.82. The molecule has 5 N–H and O–H groups in total. The quantitative estimate of drug-likeness (QED) is 0.100. The summed E-state index contributed by atoms with van der Waals surface area (Å²) in [5, 5.41) is 19.8. The molecule has 19 heteroatoms. The van der Waals surface area contributed by atoms with Gasteiger partial charge in [-0.2, -0.15) is 13.8 Å². The molecule has 1 saturated heterocycles. The molecule has 3 aromatic heterocycles. The number of anilines is 1. The monoisotopic (exact) mass is 607 g/mol. The van der Waals surface area contributed by atoms with Gasteiger partial charge in [0.25, 0.3) is 11.8 Å². The largest absolute Gasteiger partial charge is 0.543 e. The number of carbonyl (C=O) groups is 4. The van der Waals surface area contributed by atoms with E-state index in [2.05, 4.69) is 19.8 Å². The number of ether oxygens (including phenoxy) is 1. The average Bonchev–Trinajstić information content (AvgIpc) is 3.62. The number of rotatable bonds is 10. The topological polar surface area (TPSA) is 224 Å². The lowest BCUT2D eigenvalue weighted by Gasteiger charge is -2.50. The molecule has 5 heterocycles. The lowest BCUT2D eigenvalue weighted by atomic mass is 10.0. The number of aliphatic carboxylic acids is 1. The van der Waals surface area contributed by atoms with Crippen LogP contribution in [0.25, 0.3) is 4.83 Å². The number of primary amides is 1. The van der Waals surface area contributed by atoms with Crippen LogP contribution in [-0.2, 0) is 37.1 Å². The number of nitrogens with one attached hydrogen (secondary N) is 1. The first kappa shape index (κ1) is 27.3. The highest BCUT2D eigenvalue weighted by Gasteiger charge is 2.53. The van der Waals surface area contributed by atoms with Crippen molar-refractivity contribution in [2.24, 2.45) is 10.9 Å². The summed E-state index contributed by atoms with van der Waals surface area (Å²) in [6.07, 6.45) is 2.63. The Kier molecular flexibility index (Phi) is 7.59. The van der Waals surface area contributed by atoms with Gasteiger partial charge in [-0.05, 0) is 6.92 Å². The number of fused-ring (bicyclic) bond motifs is 2. The van der Waals surface area contributed by atoms with Crippen LogP contribution in [0.2, 0.25) is 0 Å². The van der Waals surface area contributed by atoms with Gasteiger partial charge in [-0.15, -0.1) is 11.8 Å². The average molecular weight is 608 g/mol. The number of nitrogens with zero attached hydrogens (tertiary/aromatic N) is 6. The fourth-order valence-corrected chi connectivity index (χ4v) is 6.82. The highest BCUT2D eigenvalue weighted by molar-refractivity contribution is 8.00. The maximum absolute atomic E-state index is 13.1. The number of thiazole rings is 1. The van der Waals surface area contributed by atoms with Crippen molar-refractivity contribution in [2.45, 2.75) is 31.5 Å². The number of hydrogen-bond donors (Lipinski definition) is 3. The highest BCUT2D eigenvalue weighted by Crippen LogP contribution is 2.40. The lowest BCUT2D eigenvalue weighted by molar-refractivity contribution is -0.687. The number of amides is 3. The first-order valence-electron chi connectivity index (χ1n) is 11.6. The second kappa shape index (κ2) is 11.1. The second-order valence-electron chi connectivity index (χ2n) is 8.37. The molecule has 3 amide bonds. The number of nitrogen functional groups attached to an aromatic ring is 1. The number of imidazole rings is 1. The number of nitrogens with two attached hydrogens (primary N) is 2. The van der Waals surface area contributed by atoms with Crippen molar-refractivity contribution in [1.82, 2.24) is 24.0 Å². The predicted molar refractivity (Wildman–Crippen MR) is 139 cm³/mol. The summed E-state index contributed by atoms with van der Waals surface area (Å²) < 4.78 is 12.4. The van der Waals surface area contributed by atoms with Crippen molar-refractivity contribution in [3.63, 3.8) is 0 Å². The Morgan fingerprint density at radius 3 is 2.85 bits per heavy atom. The maximum atomic E-state index is 13.1. The van der Waals surface area contributed by atoms with Gasteiger partial charge < -0.3 is 36.3 Å². The Morgan fingerprint density at radius 1 is 1.38 bits per heavy atom. The number of carboxylic acids is 1. The Labute approximate surface area is 237 Å². The van der Waals surface area contributed by atoms with Gasteiger partial charge in [-0.25, -0.2) is 9.36 Å². The minimum Gasteiger partial charge on any atom is -0.543 e. The van der Waals surface area contributed by atoms with Crippen LogP contribution in [0, 0.1) is 0 Å². The summed E-state index contributed by atoms with van der Waals surface area (Å²) >= 11 is 3.57. The summed E-state index contributed by atoms with van der Waals surface area (Å²) in [6.45, 7) is 1.99. The van der Waals surface area contributed by atoms with E-state index in [0.29, 0.717) is 11.3 Å². The van der Waals surface area contributed by atoms with Gasteiger partial charge in [-0.1, -0.05) is 16.5 Å². The lowest BCUT2D eigenvalue weighted by Crippen LogP contribution is -2.71. The first-order chi connectivity index (χ1) is 19.2. The van der Waals surface area contributed by atoms with E-state index < -0.39 is 35.3 Å². The molecule has 1 fully saturated rings. The zero-order valence-corrected chi connectivity index (χ0v) is 23.1. The van der Waals surface area contributed by atoms with E-state index >= 15 is 0 Å². The van der Waals surface area contributed by atoms with Crippen LogP contribution < -0.4 is 26.5 Å².